The van der Waals surface area contributed by atoms with Crippen molar-refractivity contribution in [2.45, 2.75) is 6.61 Å². The van der Waals surface area contributed by atoms with Crippen LogP contribution >= 0.6 is 12.4 Å². The Hall–Kier alpha value is 0.0700. The maximum atomic E-state index is 11.3. The number of hydrogen-bond acceptors (Lipinski definition) is 2. The molecule has 5 heteroatoms. The van der Waals surface area contributed by atoms with Crippen LogP contribution in [0.15, 0.2) is 0 Å². The first kappa shape index (κ1) is 10.1. The molecule has 1 fully saturated rings. The number of rotatable bonds is 3. The van der Waals surface area contributed by atoms with E-state index in [2.05, 4.69) is 10.1 Å². The van der Waals surface area contributed by atoms with E-state index in [0.717, 1.165) is 13.1 Å². The SMILES string of the molecule is Cl.FC(F)OCC1CNC1. The topological polar surface area (TPSA) is 21.3 Å². The Morgan fingerprint density at radius 1 is 1.50 bits per heavy atom. The first-order chi connectivity index (χ1) is 4.29. The van der Waals surface area contributed by atoms with Crippen LogP contribution in [0.25, 0.3) is 0 Å². The molecule has 0 aromatic rings. The Labute approximate surface area is 64.3 Å². The fourth-order valence-corrected chi connectivity index (χ4v) is 0.675. The van der Waals surface area contributed by atoms with Gasteiger partial charge in [0.2, 0.25) is 0 Å². The standard InChI is InChI=1S/C5H9F2NO.ClH/c6-5(7)9-3-4-1-8-2-4;/h4-5,8H,1-3H2;1H. The van der Waals surface area contributed by atoms with E-state index >= 15 is 0 Å². The molecule has 0 bridgehead atoms. The van der Waals surface area contributed by atoms with E-state index in [0.29, 0.717) is 5.92 Å². The molecule has 0 aromatic carbocycles. The van der Waals surface area contributed by atoms with Gasteiger partial charge in [-0.3, -0.25) is 0 Å². The molecular formula is C5H10ClF2NO. The summed E-state index contributed by atoms with van der Waals surface area (Å²) >= 11 is 0. The van der Waals surface area contributed by atoms with Gasteiger partial charge in [0.05, 0.1) is 6.61 Å². The predicted molar refractivity (Wildman–Crippen MR) is 35.6 cm³/mol. The lowest BCUT2D eigenvalue weighted by molar-refractivity contribution is -0.141. The largest absolute Gasteiger partial charge is 0.345 e. The van der Waals surface area contributed by atoms with Crippen molar-refractivity contribution < 1.29 is 13.5 Å². The average Bonchev–Trinajstić information content (AvgIpc) is 1.60. The Kier molecular flexibility index (Phi) is 4.85. The van der Waals surface area contributed by atoms with Crippen LogP contribution in [0.4, 0.5) is 8.78 Å². The van der Waals surface area contributed by atoms with E-state index in [1.54, 1.807) is 0 Å². The summed E-state index contributed by atoms with van der Waals surface area (Å²) in [6.07, 6.45) is 0. The first-order valence-electron chi connectivity index (χ1n) is 2.89. The number of halogens is 3. The molecule has 1 rings (SSSR count). The van der Waals surface area contributed by atoms with Crippen LogP contribution in [-0.2, 0) is 4.74 Å². The highest BCUT2D eigenvalue weighted by atomic mass is 35.5. The predicted octanol–water partition coefficient (Wildman–Crippen LogP) is 0.867. The summed E-state index contributed by atoms with van der Waals surface area (Å²) in [7, 11) is 0. The quantitative estimate of drug-likeness (QED) is 0.684. The zero-order chi connectivity index (χ0) is 6.69. The van der Waals surface area contributed by atoms with Gasteiger partial charge in [-0.05, 0) is 0 Å². The smallest absolute Gasteiger partial charge is 0.323 e. The molecule has 0 aromatic heterocycles. The van der Waals surface area contributed by atoms with Gasteiger partial charge >= 0.3 is 6.61 Å². The molecule has 2 nitrogen and oxygen atoms in total. The van der Waals surface area contributed by atoms with Gasteiger partial charge in [0.15, 0.2) is 0 Å². The highest BCUT2D eigenvalue weighted by molar-refractivity contribution is 5.85. The van der Waals surface area contributed by atoms with Crippen molar-refractivity contribution >= 4 is 12.4 Å². The van der Waals surface area contributed by atoms with Gasteiger partial charge in [-0.1, -0.05) is 0 Å². The Bertz CT molecular complexity index is 89.7. The van der Waals surface area contributed by atoms with Gasteiger partial charge < -0.3 is 10.1 Å². The number of hydrogen-bond donors (Lipinski definition) is 1. The van der Waals surface area contributed by atoms with Crippen LogP contribution in [0, 0.1) is 5.92 Å². The molecule has 0 aliphatic carbocycles. The van der Waals surface area contributed by atoms with Gasteiger partial charge in [0, 0.05) is 19.0 Å². The van der Waals surface area contributed by atoms with Crippen molar-refractivity contribution in [2.75, 3.05) is 19.7 Å². The summed E-state index contributed by atoms with van der Waals surface area (Å²) in [6.45, 7) is -0.796. The normalized spacial score (nSPS) is 18.3. The lowest BCUT2D eigenvalue weighted by atomic mass is 10.1. The summed E-state index contributed by atoms with van der Waals surface area (Å²) in [4.78, 5) is 0. The molecule has 0 spiro atoms. The second-order valence-electron chi connectivity index (χ2n) is 2.12. The van der Waals surface area contributed by atoms with Crippen molar-refractivity contribution in [3.05, 3.63) is 0 Å². The lowest BCUT2D eigenvalue weighted by Gasteiger charge is -2.26. The third kappa shape index (κ3) is 3.29. The Morgan fingerprint density at radius 2 is 2.10 bits per heavy atom. The maximum absolute atomic E-state index is 11.3. The van der Waals surface area contributed by atoms with Crippen molar-refractivity contribution in [1.82, 2.24) is 5.32 Å². The average molecular weight is 174 g/mol. The molecule has 0 atom stereocenters. The fourth-order valence-electron chi connectivity index (χ4n) is 0.675. The second kappa shape index (κ2) is 4.82. The minimum absolute atomic E-state index is 0. The number of ether oxygens (including phenoxy) is 1. The summed E-state index contributed by atoms with van der Waals surface area (Å²) in [6, 6.07) is 0. The summed E-state index contributed by atoms with van der Waals surface area (Å²) in [5, 5.41) is 2.96. The molecule has 1 N–H and O–H groups in total. The zero-order valence-corrected chi connectivity index (χ0v) is 6.16. The number of nitrogens with one attached hydrogen (secondary N) is 1. The van der Waals surface area contributed by atoms with Crippen molar-refractivity contribution in [3.8, 4) is 0 Å². The van der Waals surface area contributed by atoms with E-state index in [4.69, 9.17) is 0 Å². The molecule has 62 valence electrons. The van der Waals surface area contributed by atoms with Crippen LogP contribution in [0.1, 0.15) is 0 Å². The highest BCUT2D eigenvalue weighted by Crippen LogP contribution is 2.05. The Morgan fingerprint density at radius 3 is 2.40 bits per heavy atom. The van der Waals surface area contributed by atoms with Gasteiger partial charge in [-0.25, -0.2) is 0 Å². The van der Waals surface area contributed by atoms with Crippen LogP contribution in [0.3, 0.4) is 0 Å². The van der Waals surface area contributed by atoms with Crippen LogP contribution < -0.4 is 5.32 Å². The van der Waals surface area contributed by atoms with Crippen LogP contribution in [0.2, 0.25) is 0 Å². The number of alkyl halides is 2. The van der Waals surface area contributed by atoms with Crippen molar-refractivity contribution in [2.24, 2.45) is 5.92 Å². The third-order valence-corrected chi connectivity index (χ3v) is 1.32. The molecular weight excluding hydrogens is 164 g/mol. The second-order valence-corrected chi connectivity index (χ2v) is 2.12. The van der Waals surface area contributed by atoms with Gasteiger partial charge in [0.25, 0.3) is 0 Å². The monoisotopic (exact) mass is 173 g/mol. The zero-order valence-electron chi connectivity index (χ0n) is 5.35. The highest BCUT2D eigenvalue weighted by Gasteiger charge is 2.18. The minimum atomic E-state index is -2.61. The third-order valence-electron chi connectivity index (χ3n) is 1.32. The van der Waals surface area contributed by atoms with E-state index in [1.807, 2.05) is 0 Å². The van der Waals surface area contributed by atoms with Crippen molar-refractivity contribution in [3.63, 3.8) is 0 Å². The summed E-state index contributed by atoms with van der Waals surface area (Å²) in [5.74, 6) is 0.305. The van der Waals surface area contributed by atoms with E-state index in [-0.39, 0.29) is 19.0 Å². The van der Waals surface area contributed by atoms with Crippen LogP contribution in [-0.4, -0.2) is 26.3 Å². The molecule has 0 amide bonds. The van der Waals surface area contributed by atoms with E-state index < -0.39 is 6.61 Å². The molecule has 0 unspecified atom stereocenters. The molecule has 0 saturated carbocycles. The molecule has 0 radical (unpaired) electrons. The van der Waals surface area contributed by atoms with Crippen LogP contribution in [0.5, 0.6) is 0 Å². The lowest BCUT2D eigenvalue weighted by Crippen LogP contribution is -2.44. The molecule has 1 saturated heterocycles. The van der Waals surface area contributed by atoms with Gasteiger partial charge in [-0.15, -0.1) is 12.4 Å². The van der Waals surface area contributed by atoms with Crippen molar-refractivity contribution in [1.29, 1.82) is 0 Å². The maximum Gasteiger partial charge on any atom is 0.345 e. The summed E-state index contributed by atoms with van der Waals surface area (Å²) < 4.78 is 26.7. The Balaban J connectivity index is 0.000000810. The molecule has 1 aliphatic heterocycles. The minimum Gasteiger partial charge on any atom is -0.323 e. The van der Waals surface area contributed by atoms with Gasteiger partial charge in [0.1, 0.15) is 0 Å². The molecule has 10 heavy (non-hydrogen) atoms. The van der Waals surface area contributed by atoms with E-state index in [1.165, 1.54) is 0 Å². The molecule has 1 heterocycles. The first-order valence-corrected chi connectivity index (χ1v) is 2.89. The fraction of sp³-hybridized carbons (Fsp3) is 1.00. The molecule has 1 aliphatic rings. The summed E-state index contributed by atoms with van der Waals surface area (Å²) in [5.41, 5.74) is 0. The van der Waals surface area contributed by atoms with E-state index in [9.17, 15) is 8.78 Å². The van der Waals surface area contributed by atoms with Gasteiger partial charge in [-0.2, -0.15) is 8.78 Å².